The second-order valence-corrected chi connectivity index (χ2v) is 8.74. The molecule has 0 fully saturated rings. The zero-order valence-electron chi connectivity index (χ0n) is 17.3. The van der Waals surface area contributed by atoms with Crippen LogP contribution in [-0.2, 0) is 4.79 Å². The van der Waals surface area contributed by atoms with Crippen LogP contribution in [0.1, 0.15) is 18.2 Å². The zero-order chi connectivity index (χ0) is 22.0. The number of halogens is 1. The Morgan fingerprint density at radius 1 is 1.10 bits per heavy atom. The van der Waals surface area contributed by atoms with Crippen LogP contribution < -0.4 is 5.32 Å². The molecule has 1 amide bonds. The van der Waals surface area contributed by atoms with E-state index in [4.69, 9.17) is 16.0 Å². The number of benzene rings is 2. The second-order valence-electron chi connectivity index (χ2n) is 7.03. The van der Waals surface area contributed by atoms with E-state index in [1.807, 2.05) is 73.9 Å². The van der Waals surface area contributed by atoms with Crippen LogP contribution >= 0.6 is 23.4 Å². The predicted octanol–water partition coefficient (Wildman–Crippen LogP) is 5.92. The van der Waals surface area contributed by atoms with Gasteiger partial charge in [-0.1, -0.05) is 47.6 Å². The molecule has 31 heavy (non-hydrogen) atoms. The van der Waals surface area contributed by atoms with Gasteiger partial charge in [-0.05, 0) is 56.7 Å². The lowest BCUT2D eigenvalue weighted by molar-refractivity contribution is -0.115. The number of carbonyl (C=O) groups is 1. The lowest BCUT2D eigenvalue weighted by Crippen LogP contribution is -2.23. The summed E-state index contributed by atoms with van der Waals surface area (Å²) in [5.41, 5.74) is 3.29. The van der Waals surface area contributed by atoms with Crippen molar-refractivity contribution in [3.63, 3.8) is 0 Å². The molecule has 1 unspecified atom stereocenters. The van der Waals surface area contributed by atoms with E-state index in [0.717, 1.165) is 22.6 Å². The number of amides is 1. The van der Waals surface area contributed by atoms with Crippen LogP contribution in [0, 0.1) is 13.8 Å². The number of furan rings is 1. The number of aryl methyl sites for hydroxylation is 1. The monoisotopic (exact) mass is 452 g/mol. The van der Waals surface area contributed by atoms with Crippen LogP contribution in [-0.4, -0.2) is 25.9 Å². The minimum atomic E-state index is -0.414. The van der Waals surface area contributed by atoms with Gasteiger partial charge < -0.3 is 9.73 Å². The summed E-state index contributed by atoms with van der Waals surface area (Å²) in [7, 11) is 0. The van der Waals surface area contributed by atoms with Crippen molar-refractivity contribution in [3.05, 3.63) is 77.2 Å². The van der Waals surface area contributed by atoms with Crippen molar-refractivity contribution in [2.45, 2.75) is 31.2 Å². The number of aromatic nitrogens is 3. The van der Waals surface area contributed by atoms with Gasteiger partial charge >= 0.3 is 0 Å². The van der Waals surface area contributed by atoms with E-state index >= 15 is 0 Å². The maximum Gasteiger partial charge on any atom is 0.237 e. The fraction of sp³-hybridized carbons (Fsp3) is 0.174. The van der Waals surface area contributed by atoms with Crippen molar-refractivity contribution in [1.82, 2.24) is 14.8 Å². The molecule has 2 aromatic heterocycles. The molecule has 0 saturated heterocycles. The Bertz CT molecular complexity index is 1220. The highest BCUT2D eigenvalue weighted by Crippen LogP contribution is 2.32. The molecule has 2 heterocycles. The van der Waals surface area contributed by atoms with Gasteiger partial charge in [0, 0.05) is 16.4 Å². The van der Waals surface area contributed by atoms with Gasteiger partial charge in [0.15, 0.2) is 11.0 Å². The third-order valence-electron chi connectivity index (χ3n) is 4.92. The minimum Gasteiger partial charge on any atom is -0.469 e. The second kappa shape index (κ2) is 8.99. The largest absolute Gasteiger partial charge is 0.469 e. The molecule has 4 rings (SSSR count). The zero-order valence-corrected chi connectivity index (χ0v) is 18.9. The van der Waals surface area contributed by atoms with E-state index in [1.165, 1.54) is 11.8 Å². The normalized spacial score (nSPS) is 12.0. The van der Waals surface area contributed by atoms with E-state index in [0.29, 0.717) is 21.7 Å². The van der Waals surface area contributed by atoms with E-state index in [1.54, 1.807) is 12.3 Å². The number of thioether (sulfide) groups is 1. The summed E-state index contributed by atoms with van der Waals surface area (Å²) < 4.78 is 7.40. The number of para-hydroxylation sites is 1. The summed E-state index contributed by atoms with van der Waals surface area (Å²) in [6, 6.07) is 17.1. The SMILES string of the molecule is Cc1occc1-c1nnc(SC(C)C(=O)Nc2cccc(Cl)c2C)n1-c1ccccc1. The Labute approximate surface area is 189 Å². The van der Waals surface area contributed by atoms with Gasteiger partial charge in [0.1, 0.15) is 5.76 Å². The van der Waals surface area contributed by atoms with Crippen molar-refractivity contribution >= 4 is 35.0 Å². The van der Waals surface area contributed by atoms with E-state index in [9.17, 15) is 4.79 Å². The number of hydrogen-bond acceptors (Lipinski definition) is 5. The van der Waals surface area contributed by atoms with Gasteiger partial charge in [0.05, 0.1) is 17.1 Å². The summed E-state index contributed by atoms with van der Waals surface area (Å²) in [5.74, 6) is 1.28. The number of nitrogens with zero attached hydrogens (tertiary/aromatic N) is 3. The standard InChI is InChI=1S/C23H21ClN4O2S/c1-14-19(24)10-7-11-20(14)25-22(29)16(3)31-23-27-26-21(18-12-13-30-15(18)2)28(23)17-8-5-4-6-9-17/h4-13,16H,1-3H3,(H,25,29). The Hall–Kier alpha value is -3.03. The molecule has 158 valence electrons. The molecule has 0 saturated carbocycles. The van der Waals surface area contributed by atoms with Crippen LogP contribution in [0.15, 0.2) is 70.4 Å². The first-order valence-electron chi connectivity index (χ1n) is 9.73. The lowest BCUT2D eigenvalue weighted by atomic mass is 10.2. The third-order valence-corrected chi connectivity index (χ3v) is 6.38. The van der Waals surface area contributed by atoms with Gasteiger partial charge in [-0.25, -0.2) is 0 Å². The molecular weight excluding hydrogens is 432 g/mol. The fourth-order valence-corrected chi connectivity index (χ4v) is 4.18. The smallest absolute Gasteiger partial charge is 0.237 e. The Morgan fingerprint density at radius 3 is 2.58 bits per heavy atom. The molecule has 1 atom stereocenters. The number of hydrogen-bond donors (Lipinski definition) is 1. The number of anilines is 1. The predicted molar refractivity (Wildman–Crippen MR) is 124 cm³/mol. The van der Waals surface area contributed by atoms with Crippen LogP contribution in [0.3, 0.4) is 0 Å². The molecule has 1 N–H and O–H groups in total. The maximum atomic E-state index is 12.9. The number of rotatable bonds is 6. The average molecular weight is 453 g/mol. The van der Waals surface area contributed by atoms with E-state index in [-0.39, 0.29) is 5.91 Å². The molecule has 0 spiro atoms. The molecule has 0 aliphatic rings. The first-order chi connectivity index (χ1) is 15.0. The Kier molecular flexibility index (Phi) is 6.15. The third kappa shape index (κ3) is 4.38. The van der Waals surface area contributed by atoms with Crippen molar-refractivity contribution in [2.75, 3.05) is 5.32 Å². The highest BCUT2D eigenvalue weighted by Gasteiger charge is 2.23. The summed E-state index contributed by atoms with van der Waals surface area (Å²) in [6.45, 7) is 5.60. The first kappa shape index (κ1) is 21.2. The number of nitrogens with one attached hydrogen (secondary N) is 1. The van der Waals surface area contributed by atoms with Crippen LogP contribution in [0.4, 0.5) is 5.69 Å². The highest BCUT2D eigenvalue weighted by molar-refractivity contribution is 8.00. The van der Waals surface area contributed by atoms with E-state index < -0.39 is 5.25 Å². The quantitative estimate of drug-likeness (QED) is 0.368. The summed E-state index contributed by atoms with van der Waals surface area (Å²) in [4.78, 5) is 12.9. The molecule has 6 nitrogen and oxygen atoms in total. The van der Waals surface area contributed by atoms with Gasteiger partial charge in [0.25, 0.3) is 0 Å². The molecule has 8 heteroatoms. The lowest BCUT2D eigenvalue weighted by Gasteiger charge is -2.15. The summed E-state index contributed by atoms with van der Waals surface area (Å²) >= 11 is 7.51. The molecule has 0 bridgehead atoms. The van der Waals surface area contributed by atoms with Crippen LogP contribution in [0.2, 0.25) is 5.02 Å². The highest BCUT2D eigenvalue weighted by atomic mass is 35.5. The average Bonchev–Trinajstić information content (AvgIpc) is 3.37. The van der Waals surface area contributed by atoms with Crippen molar-refractivity contribution in [1.29, 1.82) is 0 Å². The topological polar surface area (TPSA) is 72.9 Å². The molecule has 0 aliphatic heterocycles. The molecule has 2 aromatic carbocycles. The number of carbonyl (C=O) groups excluding carboxylic acids is 1. The molecule has 0 aliphatic carbocycles. The van der Waals surface area contributed by atoms with Gasteiger partial charge in [-0.3, -0.25) is 9.36 Å². The van der Waals surface area contributed by atoms with Gasteiger partial charge in [-0.2, -0.15) is 0 Å². The van der Waals surface area contributed by atoms with Crippen molar-refractivity contribution < 1.29 is 9.21 Å². The first-order valence-corrected chi connectivity index (χ1v) is 11.0. The molecule has 0 radical (unpaired) electrons. The fourth-order valence-electron chi connectivity index (χ4n) is 3.14. The molecular formula is C23H21ClN4O2S. The summed E-state index contributed by atoms with van der Waals surface area (Å²) in [5, 5.41) is 12.6. The Balaban J connectivity index is 1.64. The van der Waals surface area contributed by atoms with E-state index in [2.05, 4.69) is 15.5 Å². The summed E-state index contributed by atoms with van der Waals surface area (Å²) in [6.07, 6.45) is 1.63. The van der Waals surface area contributed by atoms with Gasteiger partial charge in [0.2, 0.25) is 5.91 Å². The van der Waals surface area contributed by atoms with Crippen molar-refractivity contribution in [3.8, 4) is 17.1 Å². The van der Waals surface area contributed by atoms with Gasteiger partial charge in [-0.15, -0.1) is 10.2 Å². The maximum absolute atomic E-state index is 12.9. The van der Waals surface area contributed by atoms with Crippen LogP contribution in [0.25, 0.3) is 17.1 Å². The van der Waals surface area contributed by atoms with Crippen molar-refractivity contribution in [2.24, 2.45) is 0 Å². The molecule has 4 aromatic rings. The Morgan fingerprint density at radius 2 is 1.87 bits per heavy atom. The minimum absolute atomic E-state index is 0.140. The van der Waals surface area contributed by atoms with Crippen LogP contribution in [0.5, 0.6) is 0 Å².